The summed E-state index contributed by atoms with van der Waals surface area (Å²) in [6.45, 7) is 7.04. The van der Waals surface area contributed by atoms with Gasteiger partial charge in [-0.2, -0.15) is 0 Å². The predicted molar refractivity (Wildman–Crippen MR) is 84.4 cm³/mol. The summed E-state index contributed by atoms with van der Waals surface area (Å²) in [4.78, 5) is 7.62. The number of ether oxygens (including phenoxy) is 1. The lowest BCUT2D eigenvalue weighted by atomic mass is 10.1. The van der Waals surface area contributed by atoms with Crippen molar-refractivity contribution in [2.45, 2.75) is 6.36 Å². The third kappa shape index (κ3) is 3.55. The van der Waals surface area contributed by atoms with Crippen LogP contribution in [0.2, 0.25) is 0 Å². The van der Waals surface area contributed by atoms with Gasteiger partial charge in [0.05, 0.1) is 6.57 Å². The van der Waals surface area contributed by atoms with Gasteiger partial charge in [0.1, 0.15) is 11.6 Å². The van der Waals surface area contributed by atoms with E-state index in [4.69, 9.17) is 6.57 Å². The number of alkyl halides is 3. The Morgan fingerprint density at radius 3 is 2.46 bits per heavy atom. The van der Waals surface area contributed by atoms with E-state index in [9.17, 15) is 13.2 Å². The molecule has 0 aliphatic rings. The molecule has 3 aromatic rings. The molecule has 1 N–H and O–H groups in total. The number of nitrogens with one attached hydrogen (secondary N) is 1. The number of benzene rings is 2. The summed E-state index contributed by atoms with van der Waals surface area (Å²) in [5.74, 6) is 0.258. The largest absolute Gasteiger partial charge is 0.573 e. The molecule has 0 bridgehead atoms. The van der Waals surface area contributed by atoms with Crippen molar-refractivity contribution < 1.29 is 17.9 Å². The van der Waals surface area contributed by atoms with Gasteiger partial charge in [0.2, 0.25) is 0 Å². The molecule has 0 aliphatic carbocycles. The quantitative estimate of drug-likeness (QED) is 0.651. The summed E-state index contributed by atoms with van der Waals surface area (Å²) in [6, 6.07) is 12.4. The molecule has 1 aromatic heterocycles. The van der Waals surface area contributed by atoms with Crippen LogP contribution in [-0.4, -0.2) is 11.3 Å². The van der Waals surface area contributed by atoms with Gasteiger partial charge in [-0.15, -0.1) is 13.2 Å². The van der Waals surface area contributed by atoms with Gasteiger partial charge >= 0.3 is 6.36 Å². The Morgan fingerprint density at radius 2 is 1.79 bits per heavy atom. The average molecular weight is 329 g/mol. The number of fused-ring (bicyclic) bond motifs is 1. The predicted octanol–water partition coefficient (Wildman–Crippen LogP) is 5.43. The maximum absolute atomic E-state index is 12.2. The third-order valence-corrected chi connectivity index (χ3v) is 3.23. The second-order valence-corrected chi connectivity index (χ2v) is 4.87. The van der Waals surface area contributed by atoms with Crippen molar-refractivity contribution in [3.63, 3.8) is 0 Å². The van der Waals surface area contributed by atoms with E-state index < -0.39 is 6.36 Å². The van der Waals surface area contributed by atoms with Crippen molar-refractivity contribution in [3.05, 3.63) is 66.1 Å². The van der Waals surface area contributed by atoms with Crippen LogP contribution in [0.15, 0.2) is 54.7 Å². The lowest BCUT2D eigenvalue weighted by Gasteiger charge is -2.11. The van der Waals surface area contributed by atoms with Gasteiger partial charge in [-0.25, -0.2) is 9.83 Å². The molecule has 0 saturated carbocycles. The highest BCUT2D eigenvalue weighted by molar-refractivity contribution is 5.95. The first-order valence-corrected chi connectivity index (χ1v) is 6.84. The highest BCUT2D eigenvalue weighted by atomic mass is 19.4. The molecular weight excluding hydrogens is 319 g/mol. The Balaban J connectivity index is 1.86. The zero-order chi connectivity index (χ0) is 17.2. The fourth-order valence-corrected chi connectivity index (χ4v) is 2.21. The van der Waals surface area contributed by atoms with Crippen LogP contribution in [0.25, 0.3) is 15.6 Å². The standard InChI is InChI=1S/C17H10F3N3O/c1-21-13-4-7-15-11(10-13)8-9-22-16(15)23-12-2-5-14(6-3-12)24-17(18,19)20/h2-10H,(H,22,23). The Labute approximate surface area is 135 Å². The molecular formula is C17H10F3N3O. The van der Waals surface area contributed by atoms with E-state index >= 15 is 0 Å². The summed E-state index contributed by atoms with van der Waals surface area (Å²) in [5.41, 5.74) is 1.09. The van der Waals surface area contributed by atoms with Crippen LogP contribution < -0.4 is 10.1 Å². The number of halogens is 3. The minimum Gasteiger partial charge on any atom is -0.406 e. The van der Waals surface area contributed by atoms with E-state index in [0.29, 0.717) is 17.2 Å². The summed E-state index contributed by atoms with van der Waals surface area (Å²) in [6.07, 6.45) is -3.12. The first-order valence-electron chi connectivity index (χ1n) is 6.84. The maximum Gasteiger partial charge on any atom is 0.573 e. The molecule has 2 aromatic carbocycles. The van der Waals surface area contributed by atoms with Crippen molar-refractivity contribution in [3.8, 4) is 5.75 Å². The summed E-state index contributed by atoms with van der Waals surface area (Å²) in [7, 11) is 0. The molecule has 0 saturated heterocycles. The van der Waals surface area contributed by atoms with Crippen molar-refractivity contribution in [1.29, 1.82) is 0 Å². The van der Waals surface area contributed by atoms with E-state index in [1.807, 2.05) is 0 Å². The molecule has 0 spiro atoms. The molecule has 4 nitrogen and oxygen atoms in total. The Morgan fingerprint density at radius 1 is 1.04 bits per heavy atom. The number of nitrogens with zero attached hydrogens (tertiary/aromatic N) is 2. The van der Waals surface area contributed by atoms with Crippen molar-refractivity contribution in [2.24, 2.45) is 0 Å². The number of anilines is 2. The van der Waals surface area contributed by atoms with Gasteiger partial charge in [-0.3, -0.25) is 0 Å². The van der Waals surface area contributed by atoms with Crippen molar-refractivity contribution in [2.75, 3.05) is 5.32 Å². The normalized spacial score (nSPS) is 11.1. The zero-order valence-corrected chi connectivity index (χ0v) is 12.1. The molecule has 7 heteroatoms. The zero-order valence-electron chi connectivity index (χ0n) is 12.1. The van der Waals surface area contributed by atoms with Gasteiger partial charge in [-0.05, 0) is 41.8 Å². The smallest absolute Gasteiger partial charge is 0.406 e. The third-order valence-electron chi connectivity index (χ3n) is 3.23. The van der Waals surface area contributed by atoms with E-state index in [-0.39, 0.29) is 5.75 Å². The molecule has 1 heterocycles. The first-order chi connectivity index (χ1) is 11.4. The summed E-state index contributed by atoms with van der Waals surface area (Å²) >= 11 is 0. The highest BCUT2D eigenvalue weighted by Gasteiger charge is 2.30. The summed E-state index contributed by atoms with van der Waals surface area (Å²) in [5, 5.41) is 4.70. The minimum absolute atomic E-state index is 0.291. The monoisotopic (exact) mass is 329 g/mol. The molecule has 3 rings (SSSR count). The van der Waals surface area contributed by atoms with Gasteiger partial charge in [0, 0.05) is 17.3 Å². The second-order valence-electron chi connectivity index (χ2n) is 4.87. The van der Waals surface area contributed by atoms with Crippen LogP contribution in [0.1, 0.15) is 0 Å². The van der Waals surface area contributed by atoms with Gasteiger partial charge < -0.3 is 10.1 Å². The minimum atomic E-state index is -4.72. The number of hydrogen-bond acceptors (Lipinski definition) is 3. The van der Waals surface area contributed by atoms with E-state index in [1.54, 1.807) is 30.5 Å². The lowest BCUT2D eigenvalue weighted by Crippen LogP contribution is -2.16. The molecule has 0 aliphatic heterocycles. The number of aromatic nitrogens is 1. The fraction of sp³-hybridized carbons (Fsp3) is 0.0588. The Hall–Kier alpha value is -3.27. The average Bonchev–Trinajstić information content (AvgIpc) is 2.55. The Bertz CT molecular complexity index is 915. The van der Waals surface area contributed by atoms with Crippen LogP contribution in [0.5, 0.6) is 5.75 Å². The van der Waals surface area contributed by atoms with Crippen LogP contribution in [0, 0.1) is 6.57 Å². The molecule has 120 valence electrons. The van der Waals surface area contributed by atoms with Crippen molar-refractivity contribution >= 4 is 28.0 Å². The maximum atomic E-state index is 12.2. The van der Waals surface area contributed by atoms with E-state index in [2.05, 4.69) is 19.9 Å². The van der Waals surface area contributed by atoms with Gasteiger partial charge in [-0.1, -0.05) is 12.1 Å². The van der Waals surface area contributed by atoms with Crippen LogP contribution in [0.4, 0.5) is 30.4 Å². The number of rotatable bonds is 3. The number of hydrogen-bond donors (Lipinski definition) is 1. The highest BCUT2D eigenvalue weighted by Crippen LogP contribution is 2.29. The number of pyridine rings is 1. The van der Waals surface area contributed by atoms with Crippen molar-refractivity contribution in [1.82, 2.24) is 4.98 Å². The van der Waals surface area contributed by atoms with Crippen LogP contribution >= 0.6 is 0 Å². The Kier molecular flexibility index (Phi) is 3.96. The van der Waals surface area contributed by atoms with Crippen LogP contribution in [0.3, 0.4) is 0 Å². The summed E-state index contributed by atoms with van der Waals surface area (Å²) < 4.78 is 40.3. The lowest BCUT2D eigenvalue weighted by molar-refractivity contribution is -0.274. The van der Waals surface area contributed by atoms with Gasteiger partial charge in [0.25, 0.3) is 0 Å². The molecule has 0 radical (unpaired) electrons. The molecule has 0 fully saturated rings. The van der Waals surface area contributed by atoms with Gasteiger partial charge in [0.15, 0.2) is 5.69 Å². The van der Waals surface area contributed by atoms with Crippen LogP contribution in [-0.2, 0) is 0 Å². The van der Waals surface area contributed by atoms with E-state index in [0.717, 1.165) is 10.8 Å². The SMILES string of the molecule is [C-]#[N+]c1ccc2c(Nc3ccc(OC(F)(F)F)cc3)nccc2c1. The molecule has 0 unspecified atom stereocenters. The topological polar surface area (TPSA) is 38.5 Å². The van der Waals surface area contributed by atoms with E-state index in [1.165, 1.54) is 24.3 Å². The molecule has 24 heavy (non-hydrogen) atoms. The fourth-order valence-electron chi connectivity index (χ4n) is 2.21. The first kappa shape index (κ1) is 15.6. The molecule has 0 amide bonds. The second kappa shape index (κ2) is 6.08. The molecule has 0 atom stereocenters.